The molecule has 1 aliphatic heterocycles. The molecule has 0 fully saturated rings. The number of ether oxygens (including phenoxy) is 2. The Labute approximate surface area is 255 Å². The zero-order chi connectivity index (χ0) is 31.1. The molecule has 0 saturated heterocycles. The molecule has 1 atom stereocenters. The average molecular weight is 618 g/mol. The molecule has 44 heavy (non-hydrogen) atoms. The summed E-state index contributed by atoms with van der Waals surface area (Å²) in [5, 5.41) is 2.92. The molecule has 0 saturated carbocycles. The lowest BCUT2D eigenvalue weighted by molar-refractivity contribution is -0.141. The highest BCUT2D eigenvalue weighted by Gasteiger charge is 2.34. The highest BCUT2D eigenvalue weighted by atomic mass is 32.2. The molecule has 9 nitrogen and oxygen atoms in total. The lowest BCUT2D eigenvalue weighted by atomic mass is 10.0. The van der Waals surface area contributed by atoms with Crippen molar-refractivity contribution >= 4 is 21.8 Å². The van der Waals surface area contributed by atoms with Crippen LogP contribution in [0.1, 0.15) is 28.3 Å². The van der Waals surface area contributed by atoms with Gasteiger partial charge in [-0.1, -0.05) is 78.9 Å². The molecule has 0 aliphatic carbocycles. The molecule has 0 bridgehead atoms. The van der Waals surface area contributed by atoms with Crippen LogP contribution < -0.4 is 14.8 Å². The summed E-state index contributed by atoms with van der Waals surface area (Å²) in [7, 11) is -3.82. The first-order chi connectivity index (χ1) is 21.2. The standard InChI is InChI=1S/C33H32FN3O6S/c1-44(40,41)36(20-24-8-4-2-5-9-24)22-31(38)37(21-25-12-15-28(34)16-13-25)32(27-10-6-3-7-11-27)33(39)35-19-26-14-17-29-30(18-26)43-23-42-29/h2-18,32H,19-23H2,1H3,(H,35,39). The van der Waals surface area contributed by atoms with Gasteiger partial charge < -0.3 is 19.7 Å². The van der Waals surface area contributed by atoms with Crippen molar-refractivity contribution in [2.24, 2.45) is 0 Å². The third-order valence-corrected chi connectivity index (χ3v) is 8.34. The topological polar surface area (TPSA) is 105 Å². The van der Waals surface area contributed by atoms with Crippen molar-refractivity contribution in [3.8, 4) is 11.5 Å². The Morgan fingerprint density at radius 1 is 0.818 bits per heavy atom. The first-order valence-corrected chi connectivity index (χ1v) is 15.8. The van der Waals surface area contributed by atoms with Gasteiger partial charge in [0.15, 0.2) is 11.5 Å². The monoisotopic (exact) mass is 617 g/mol. The molecule has 1 heterocycles. The number of sulfonamides is 1. The summed E-state index contributed by atoms with van der Waals surface area (Å²) in [6, 6.07) is 27.5. The Hall–Kier alpha value is -4.74. The van der Waals surface area contributed by atoms with Gasteiger partial charge in [-0.25, -0.2) is 12.8 Å². The fraction of sp³-hybridized carbons (Fsp3) is 0.212. The number of benzene rings is 4. The van der Waals surface area contributed by atoms with Gasteiger partial charge in [0.2, 0.25) is 28.6 Å². The molecule has 4 aromatic rings. The summed E-state index contributed by atoms with van der Waals surface area (Å²) in [5.74, 6) is -0.326. The van der Waals surface area contributed by atoms with Gasteiger partial charge in [0, 0.05) is 19.6 Å². The highest BCUT2D eigenvalue weighted by molar-refractivity contribution is 7.88. The van der Waals surface area contributed by atoms with E-state index in [1.54, 1.807) is 72.8 Å². The van der Waals surface area contributed by atoms with Gasteiger partial charge in [0.05, 0.1) is 12.8 Å². The van der Waals surface area contributed by atoms with Crippen molar-refractivity contribution in [2.45, 2.75) is 25.7 Å². The van der Waals surface area contributed by atoms with Crippen LogP contribution in [0.25, 0.3) is 0 Å². The molecule has 228 valence electrons. The highest BCUT2D eigenvalue weighted by Crippen LogP contribution is 2.32. The van der Waals surface area contributed by atoms with Gasteiger partial charge in [0.1, 0.15) is 11.9 Å². The minimum absolute atomic E-state index is 0.0257. The van der Waals surface area contributed by atoms with E-state index in [1.165, 1.54) is 29.2 Å². The van der Waals surface area contributed by atoms with Gasteiger partial charge in [-0.2, -0.15) is 4.31 Å². The second kappa shape index (κ2) is 13.7. The average Bonchev–Trinajstić information content (AvgIpc) is 3.49. The summed E-state index contributed by atoms with van der Waals surface area (Å²) in [6.45, 7) is -0.341. The van der Waals surface area contributed by atoms with Crippen LogP contribution in [0.3, 0.4) is 0 Å². The fourth-order valence-corrected chi connectivity index (χ4v) is 5.60. The second-order valence-electron chi connectivity index (χ2n) is 10.4. The van der Waals surface area contributed by atoms with E-state index in [1.807, 2.05) is 6.07 Å². The number of hydrogen-bond acceptors (Lipinski definition) is 6. The van der Waals surface area contributed by atoms with E-state index in [0.29, 0.717) is 28.2 Å². The van der Waals surface area contributed by atoms with E-state index < -0.39 is 40.2 Å². The van der Waals surface area contributed by atoms with E-state index in [4.69, 9.17) is 9.47 Å². The van der Waals surface area contributed by atoms with Crippen molar-refractivity contribution in [3.05, 3.63) is 131 Å². The lowest BCUT2D eigenvalue weighted by Crippen LogP contribution is -2.47. The van der Waals surface area contributed by atoms with Crippen LogP contribution in [0, 0.1) is 5.82 Å². The fourth-order valence-electron chi connectivity index (χ4n) is 4.87. The maximum absolute atomic E-state index is 14.1. The third-order valence-electron chi connectivity index (χ3n) is 7.15. The molecule has 0 aromatic heterocycles. The quantitative estimate of drug-likeness (QED) is 0.253. The van der Waals surface area contributed by atoms with Gasteiger partial charge in [-0.05, 0) is 46.5 Å². The summed E-state index contributed by atoms with van der Waals surface area (Å²) in [4.78, 5) is 29.4. The number of amides is 2. The molecule has 1 aliphatic rings. The number of fused-ring (bicyclic) bond motifs is 1. The van der Waals surface area contributed by atoms with Crippen LogP contribution in [-0.4, -0.2) is 49.0 Å². The lowest BCUT2D eigenvalue weighted by Gasteiger charge is -2.33. The zero-order valence-corrected chi connectivity index (χ0v) is 24.9. The van der Waals surface area contributed by atoms with E-state index in [2.05, 4.69) is 5.32 Å². The van der Waals surface area contributed by atoms with E-state index in [-0.39, 0.29) is 26.4 Å². The van der Waals surface area contributed by atoms with Crippen molar-refractivity contribution in [2.75, 3.05) is 19.6 Å². The number of rotatable bonds is 12. The smallest absolute Gasteiger partial charge is 0.247 e. The minimum atomic E-state index is -3.82. The Morgan fingerprint density at radius 3 is 2.11 bits per heavy atom. The first kappa shape index (κ1) is 30.7. The second-order valence-corrected chi connectivity index (χ2v) is 12.4. The maximum atomic E-state index is 14.1. The molecule has 0 radical (unpaired) electrons. The molecule has 2 amide bonds. The predicted octanol–water partition coefficient (Wildman–Crippen LogP) is 4.40. The molecule has 0 spiro atoms. The molecule has 1 N–H and O–H groups in total. The predicted molar refractivity (Wildman–Crippen MR) is 162 cm³/mol. The molecule has 5 rings (SSSR count). The van der Waals surface area contributed by atoms with Crippen molar-refractivity contribution < 1.29 is 31.9 Å². The maximum Gasteiger partial charge on any atom is 0.247 e. The SMILES string of the molecule is CS(=O)(=O)N(CC(=O)N(Cc1ccc(F)cc1)C(C(=O)NCc1ccc2c(c1)OCO2)c1ccccc1)Cc1ccccc1. The Morgan fingerprint density at radius 2 is 1.43 bits per heavy atom. The van der Waals surface area contributed by atoms with Crippen molar-refractivity contribution in [1.29, 1.82) is 0 Å². The van der Waals surface area contributed by atoms with Crippen molar-refractivity contribution in [1.82, 2.24) is 14.5 Å². The minimum Gasteiger partial charge on any atom is -0.454 e. The summed E-state index contributed by atoms with van der Waals surface area (Å²) in [6.07, 6.45) is 1.04. The molecule has 4 aromatic carbocycles. The largest absolute Gasteiger partial charge is 0.454 e. The summed E-state index contributed by atoms with van der Waals surface area (Å²) >= 11 is 0. The van der Waals surface area contributed by atoms with Crippen LogP contribution in [0.5, 0.6) is 11.5 Å². The van der Waals surface area contributed by atoms with Crippen molar-refractivity contribution in [3.63, 3.8) is 0 Å². The number of carbonyl (C=O) groups is 2. The summed E-state index contributed by atoms with van der Waals surface area (Å²) in [5.41, 5.74) is 2.56. The number of carbonyl (C=O) groups excluding carboxylic acids is 2. The van der Waals surface area contributed by atoms with Gasteiger partial charge >= 0.3 is 0 Å². The zero-order valence-electron chi connectivity index (χ0n) is 24.1. The van der Waals surface area contributed by atoms with Crippen LogP contribution in [-0.2, 0) is 39.2 Å². The molecular formula is C33H32FN3O6S. The van der Waals surface area contributed by atoms with E-state index in [0.717, 1.165) is 16.1 Å². The number of nitrogens with one attached hydrogen (secondary N) is 1. The number of hydrogen-bond donors (Lipinski definition) is 1. The Bertz CT molecular complexity index is 1700. The molecular weight excluding hydrogens is 585 g/mol. The van der Waals surface area contributed by atoms with E-state index in [9.17, 15) is 22.4 Å². The van der Waals surface area contributed by atoms with Gasteiger partial charge in [0.25, 0.3) is 0 Å². The van der Waals surface area contributed by atoms with Gasteiger partial charge in [-0.15, -0.1) is 0 Å². The third kappa shape index (κ3) is 7.80. The Kier molecular flexibility index (Phi) is 9.56. The summed E-state index contributed by atoms with van der Waals surface area (Å²) < 4.78 is 51.3. The van der Waals surface area contributed by atoms with Gasteiger partial charge in [-0.3, -0.25) is 9.59 Å². The number of halogens is 1. The number of nitrogens with zero attached hydrogens (tertiary/aromatic N) is 2. The Balaban J connectivity index is 1.46. The normalized spacial score (nSPS) is 13.0. The van der Waals surface area contributed by atoms with E-state index >= 15 is 0 Å². The van der Waals surface area contributed by atoms with Crippen LogP contribution in [0.4, 0.5) is 4.39 Å². The van der Waals surface area contributed by atoms with Crippen LogP contribution >= 0.6 is 0 Å². The van der Waals surface area contributed by atoms with Crippen LogP contribution in [0.15, 0.2) is 103 Å². The molecule has 1 unspecified atom stereocenters. The first-order valence-electron chi connectivity index (χ1n) is 13.9. The molecule has 11 heteroatoms. The van der Waals surface area contributed by atoms with Crippen LogP contribution in [0.2, 0.25) is 0 Å².